The maximum absolute atomic E-state index is 13.9. The summed E-state index contributed by atoms with van der Waals surface area (Å²) in [5.74, 6) is -0.328. The molecule has 0 aliphatic rings. The normalized spacial score (nSPS) is 12.4. The first-order valence-electron chi connectivity index (χ1n) is 6.23. The second-order valence-corrected chi connectivity index (χ2v) is 4.74. The Bertz CT molecular complexity index is 572. The Labute approximate surface area is 117 Å². The lowest BCUT2D eigenvalue weighted by atomic mass is 9.97. The lowest BCUT2D eigenvalue weighted by Gasteiger charge is -2.21. The van der Waals surface area contributed by atoms with E-state index in [-0.39, 0.29) is 11.9 Å². The Morgan fingerprint density at radius 1 is 1.32 bits per heavy atom. The Balaban J connectivity index is 2.52. The quantitative estimate of drug-likeness (QED) is 0.918. The van der Waals surface area contributed by atoms with Crippen LogP contribution in [0.4, 0.5) is 4.39 Å². The van der Waals surface area contributed by atoms with Gasteiger partial charge in [0.25, 0.3) is 0 Å². The van der Waals surface area contributed by atoms with Crippen molar-refractivity contribution < 1.29 is 4.39 Å². The zero-order chi connectivity index (χ0) is 13.8. The molecule has 1 aromatic carbocycles. The van der Waals surface area contributed by atoms with Crippen LogP contribution >= 0.6 is 11.6 Å². The monoisotopic (exact) mass is 278 g/mol. The van der Waals surface area contributed by atoms with Gasteiger partial charge in [-0.1, -0.05) is 36.7 Å². The van der Waals surface area contributed by atoms with Gasteiger partial charge in [0.1, 0.15) is 5.82 Å². The van der Waals surface area contributed by atoms with Gasteiger partial charge in [0, 0.05) is 16.8 Å². The number of rotatable bonds is 4. The van der Waals surface area contributed by atoms with E-state index in [1.54, 1.807) is 12.3 Å². The molecule has 19 heavy (non-hydrogen) atoms. The zero-order valence-corrected chi connectivity index (χ0v) is 11.7. The van der Waals surface area contributed by atoms with Gasteiger partial charge in [0.15, 0.2) is 0 Å². The van der Waals surface area contributed by atoms with Crippen molar-refractivity contribution in [1.29, 1.82) is 0 Å². The van der Waals surface area contributed by atoms with Gasteiger partial charge in [-0.2, -0.15) is 0 Å². The maximum Gasteiger partial charge on any atom is 0.146 e. The molecule has 0 saturated heterocycles. The maximum atomic E-state index is 13.9. The Kier molecular flexibility index (Phi) is 4.51. The Morgan fingerprint density at radius 2 is 2.11 bits per heavy atom. The first-order chi connectivity index (χ1) is 9.15. The van der Waals surface area contributed by atoms with Crippen LogP contribution in [-0.2, 0) is 0 Å². The lowest BCUT2D eigenvalue weighted by Crippen LogP contribution is -2.23. The van der Waals surface area contributed by atoms with Crippen molar-refractivity contribution in [2.45, 2.75) is 19.9 Å². The molecular formula is C15H16ClFN2. The molecule has 0 saturated carbocycles. The highest BCUT2D eigenvalue weighted by Gasteiger charge is 2.19. The van der Waals surface area contributed by atoms with E-state index in [0.717, 1.165) is 17.7 Å². The molecule has 4 heteroatoms. The van der Waals surface area contributed by atoms with Crippen molar-refractivity contribution >= 4 is 11.6 Å². The third-order valence-corrected chi connectivity index (χ3v) is 3.57. The van der Waals surface area contributed by atoms with E-state index >= 15 is 0 Å². The molecule has 100 valence electrons. The minimum atomic E-state index is -0.328. The van der Waals surface area contributed by atoms with Crippen LogP contribution in [0.5, 0.6) is 0 Å². The number of pyridine rings is 1. The SMILES string of the molecule is CCNC(c1ccncc1F)c1cccc(C)c1Cl. The molecular weight excluding hydrogens is 263 g/mol. The van der Waals surface area contributed by atoms with Crippen LogP contribution in [0.25, 0.3) is 0 Å². The highest BCUT2D eigenvalue weighted by Crippen LogP contribution is 2.31. The molecule has 0 amide bonds. The summed E-state index contributed by atoms with van der Waals surface area (Å²) in [7, 11) is 0. The molecule has 0 fully saturated rings. The highest BCUT2D eigenvalue weighted by atomic mass is 35.5. The van der Waals surface area contributed by atoms with E-state index in [1.165, 1.54) is 6.20 Å². The van der Waals surface area contributed by atoms with Crippen LogP contribution < -0.4 is 5.32 Å². The largest absolute Gasteiger partial charge is 0.306 e. The van der Waals surface area contributed by atoms with Crippen molar-refractivity contribution in [1.82, 2.24) is 10.3 Å². The Morgan fingerprint density at radius 3 is 2.79 bits per heavy atom. The molecule has 1 heterocycles. The molecule has 2 nitrogen and oxygen atoms in total. The van der Waals surface area contributed by atoms with Crippen molar-refractivity contribution in [2.24, 2.45) is 0 Å². The molecule has 0 aliphatic heterocycles. The summed E-state index contributed by atoms with van der Waals surface area (Å²) < 4.78 is 13.9. The van der Waals surface area contributed by atoms with Crippen LogP contribution in [-0.4, -0.2) is 11.5 Å². The molecule has 1 unspecified atom stereocenters. The van der Waals surface area contributed by atoms with Crippen LogP contribution in [0.2, 0.25) is 5.02 Å². The number of aryl methyl sites for hydroxylation is 1. The molecule has 0 radical (unpaired) electrons. The van der Waals surface area contributed by atoms with Gasteiger partial charge in [-0.05, 0) is 30.7 Å². The van der Waals surface area contributed by atoms with E-state index in [1.807, 2.05) is 32.0 Å². The first kappa shape index (κ1) is 14.0. The van der Waals surface area contributed by atoms with Crippen molar-refractivity contribution in [2.75, 3.05) is 6.54 Å². The predicted molar refractivity (Wildman–Crippen MR) is 75.9 cm³/mol. The molecule has 0 spiro atoms. The number of halogens is 2. The van der Waals surface area contributed by atoms with Gasteiger partial charge in [-0.3, -0.25) is 4.98 Å². The van der Waals surface area contributed by atoms with Crippen LogP contribution in [0.15, 0.2) is 36.7 Å². The summed E-state index contributed by atoms with van der Waals surface area (Å²) in [5, 5.41) is 3.94. The van der Waals surface area contributed by atoms with E-state index in [9.17, 15) is 4.39 Å². The number of nitrogens with one attached hydrogen (secondary N) is 1. The van der Waals surface area contributed by atoms with E-state index in [2.05, 4.69) is 10.3 Å². The fourth-order valence-corrected chi connectivity index (χ4v) is 2.34. The molecule has 1 N–H and O–H groups in total. The number of hydrogen-bond acceptors (Lipinski definition) is 2. The van der Waals surface area contributed by atoms with Crippen LogP contribution in [0, 0.1) is 12.7 Å². The smallest absolute Gasteiger partial charge is 0.146 e. The molecule has 0 bridgehead atoms. The number of nitrogens with zero attached hydrogens (tertiary/aromatic N) is 1. The molecule has 1 atom stereocenters. The van der Waals surface area contributed by atoms with Gasteiger partial charge < -0.3 is 5.32 Å². The van der Waals surface area contributed by atoms with Gasteiger partial charge in [0.2, 0.25) is 0 Å². The van der Waals surface area contributed by atoms with Crippen LogP contribution in [0.3, 0.4) is 0 Å². The van der Waals surface area contributed by atoms with Gasteiger partial charge >= 0.3 is 0 Å². The molecule has 2 rings (SSSR count). The lowest BCUT2D eigenvalue weighted by molar-refractivity contribution is 0.554. The first-order valence-corrected chi connectivity index (χ1v) is 6.60. The zero-order valence-electron chi connectivity index (χ0n) is 11.0. The van der Waals surface area contributed by atoms with Gasteiger partial charge in [0.05, 0.1) is 12.2 Å². The van der Waals surface area contributed by atoms with Gasteiger partial charge in [-0.15, -0.1) is 0 Å². The van der Waals surface area contributed by atoms with E-state index < -0.39 is 0 Å². The topological polar surface area (TPSA) is 24.9 Å². The number of benzene rings is 1. The number of aromatic nitrogens is 1. The minimum Gasteiger partial charge on any atom is -0.306 e. The van der Waals surface area contributed by atoms with Crippen molar-refractivity contribution in [3.05, 3.63) is 64.2 Å². The summed E-state index contributed by atoms with van der Waals surface area (Å²) in [6.45, 7) is 4.64. The van der Waals surface area contributed by atoms with Crippen LogP contribution in [0.1, 0.15) is 29.7 Å². The summed E-state index contributed by atoms with van der Waals surface area (Å²) in [4.78, 5) is 3.79. The second-order valence-electron chi connectivity index (χ2n) is 4.37. The fraction of sp³-hybridized carbons (Fsp3) is 0.267. The minimum absolute atomic E-state index is 0.264. The number of hydrogen-bond donors (Lipinski definition) is 1. The standard InChI is InChI=1S/C15H16ClFN2/c1-3-19-15(11-7-8-18-9-13(11)17)12-6-4-5-10(2)14(12)16/h4-9,15,19H,3H2,1-2H3. The molecule has 2 aromatic rings. The summed E-state index contributed by atoms with van der Waals surface area (Å²) in [6, 6.07) is 7.21. The van der Waals surface area contributed by atoms with Crippen molar-refractivity contribution in [3.63, 3.8) is 0 Å². The highest BCUT2D eigenvalue weighted by molar-refractivity contribution is 6.32. The van der Waals surface area contributed by atoms with E-state index in [0.29, 0.717) is 10.6 Å². The third kappa shape index (κ3) is 2.94. The Hall–Kier alpha value is -1.45. The molecule has 1 aromatic heterocycles. The summed E-state index contributed by atoms with van der Waals surface area (Å²) in [5.41, 5.74) is 2.43. The average molecular weight is 279 g/mol. The van der Waals surface area contributed by atoms with E-state index in [4.69, 9.17) is 11.6 Å². The fourth-order valence-electron chi connectivity index (χ4n) is 2.10. The second kappa shape index (κ2) is 6.13. The summed E-state index contributed by atoms with van der Waals surface area (Å²) in [6.07, 6.45) is 2.82. The predicted octanol–water partition coefficient (Wildman–Crippen LogP) is 3.88. The average Bonchev–Trinajstić information content (AvgIpc) is 2.41. The van der Waals surface area contributed by atoms with Crippen molar-refractivity contribution in [3.8, 4) is 0 Å². The third-order valence-electron chi connectivity index (χ3n) is 3.06. The van der Waals surface area contributed by atoms with Gasteiger partial charge in [-0.25, -0.2) is 4.39 Å². The summed E-state index contributed by atoms with van der Waals surface area (Å²) >= 11 is 6.35. The molecule has 0 aliphatic carbocycles.